The second kappa shape index (κ2) is 12.7. The van der Waals surface area contributed by atoms with Crippen molar-refractivity contribution in [2.24, 2.45) is 5.10 Å². The highest BCUT2D eigenvalue weighted by Crippen LogP contribution is 2.25. The van der Waals surface area contributed by atoms with E-state index in [4.69, 9.17) is 16.3 Å². The minimum atomic E-state index is -0.509. The number of carbonyl (C=O) groups is 1. The van der Waals surface area contributed by atoms with Crippen LogP contribution in [-0.4, -0.2) is 58.4 Å². The van der Waals surface area contributed by atoms with Crippen LogP contribution in [-0.2, 0) is 11.2 Å². The Morgan fingerprint density at radius 2 is 1.95 bits per heavy atom. The molecule has 4 aromatic rings. The number of rotatable bonds is 9. The topological polar surface area (TPSA) is 125 Å². The Kier molecular flexibility index (Phi) is 8.66. The van der Waals surface area contributed by atoms with Gasteiger partial charge >= 0.3 is 0 Å². The molecule has 2 aromatic carbocycles. The molecule has 0 unspecified atom stereocenters. The Balaban J connectivity index is 1.20. The number of carbonyl (C=O) groups excluding carboxylic acids is 1. The number of ether oxygens (including phenoxy) is 1. The van der Waals surface area contributed by atoms with Crippen molar-refractivity contribution in [2.75, 3.05) is 41.9 Å². The molecule has 1 aliphatic rings. The first-order chi connectivity index (χ1) is 19.8. The number of hydrogen-bond donors (Lipinski definition) is 3. The summed E-state index contributed by atoms with van der Waals surface area (Å²) in [6.07, 6.45) is 4.33. The van der Waals surface area contributed by atoms with E-state index in [2.05, 4.69) is 30.8 Å². The Labute approximate surface area is 240 Å². The molecule has 10 nitrogen and oxygen atoms in total. The van der Waals surface area contributed by atoms with Crippen LogP contribution in [0.3, 0.4) is 0 Å². The van der Waals surface area contributed by atoms with Crippen LogP contribution in [0.25, 0.3) is 0 Å². The van der Waals surface area contributed by atoms with Crippen molar-refractivity contribution in [3.63, 3.8) is 0 Å². The average Bonchev–Trinajstić information content (AvgIpc) is 2.94. The number of nitrogens with zero attached hydrogens (tertiary/aromatic N) is 5. The summed E-state index contributed by atoms with van der Waals surface area (Å²) in [5.41, 5.74) is 6.56. The van der Waals surface area contributed by atoms with Crippen LogP contribution in [0.4, 0.5) is 27.5 Å². The summed E-state index contributed by atoms with van der Waals surface area (Å²) in [6, 6.07) is 13.6. The standard InChI is InChI=1S/C29H27ClFN7O3/c1-18-8-19(10-21(30)9-18)11-27(40)20-12-24(14-25(39)13-20)35-23-3-2-22(32-15-23)16-34-37-29-33-17-26(31)28(36-29)38-4-6-41-7-5-38/h2-3,8-10,12-17,35,39H,4-7,11H2,1H3,(H,33,36,37)/b34-16+. The number of hydrogen-bond acceptors (Lipinski definition) is 10. The van der Waals surface area contributed by atoms with Crippen LogP contribution in [0, 0.1) is 12.7 Å². The van der Waals surface area contributed by atoms with Gasteiger partial charge in [-0.25, -0.2) is 14.8 Å². The molecule has 12 heteroatoms. The van der Waals surface area contributed by atoms with Crippen LogP contribution in [0.2, 0.25) is 5.02 Å². The molecule has 3 heterocycles. The summed E-state index contributed by atoms with van der Waals surface area (Å²) < 4.78 is 19.5. The summed E-state index contributed by atoms with van der Waals surface area (Å²) in [4.78, 5) is 27.2. The number of aromatic hydroxyl groups is 1. The fraction of sp³-hybridized carbons (Fsp3) is 0.207. The van der Waals surface area contributed by atoms with Gasteiger partial charge in [-0.05, 0) is 54.4 Å². The number of aromatic nitrogens is 3. The van der Waals surface area contributed by atoms with Gasteiger partial charge in [-0.1, -0.05) is 17.7 Å². The Hall–Kier alpha value is -4.61. The summed E-state index contributed by atoms with van der Waals surface area (Å²) in [5.74, 6) is -0.341. The van der Waals surface area contributed by atoms with Crippen LogP contribution in [0.5, 0.6) is 5.75 Å². The number of aryl methyl sites for hydroxylation is 1. The molecule has 41 heavy (non-hydrogen) atoms. The minimum Gasteiger partial charge on any atom is -0.508 e. The molecular formula is C29H27ClFN7O3. The zero-order chi connectivity index (χ0) is 28.8. The van der Waals surface area contributed by atoms with E-state index in [9.17, 15) is 14.3 Å². The number of hydrazone groups is 1. The maximum Gasteiger partial charge on any atom is 0.245 e. The van der Waals surface area contributed by atoms with Crippen molar-refractivity contribution < 1.29 is 19.0 Å². The summed E-state index contributed by atoms with van der Waals surface area (Å²) in [7, 11) is 0. The largest absolute Gasteiger partial charge is 0.508 e. The number of phenols is 1. The maximum absolute atomic E-state index is 14.2. The van der Waals surface area contributed by atoms with Gasteiger partial charge in [0, 0.05) is 41.9 Å². The predicted molar refractivity (Wildman–Crippen MR) is 156 cm³/mol. The Bertz CT molecular complexity index is 1560. The molecule has 2 aromatic heterocycles. The lowest BCUT2D eigenvalue weighted by atomic mass is 10.0. The van der Waals surface area contributed by atoms with Gasteiger partial charge in [0.25, 0.3) is 0 Å². The van der Waals surface area contributed by atoms with E-state index in [1.165, 1.54) is 18.3 Å². The number of morpholine rings is 1. The lowest BCUT2D eigenvalue weighted by Gasteiger charge is -2.27. The van der Waals surface area contributed by atoms with Crippen molar-refractivity contribution in [3.8, 4) is 5.75 Å². The first-order valence-electron chi connectivity index (χ1n) is 12.8. The van der Waals surface area contributed by atoms with E-state index in [0.29, 0.717) is 54.0 Å². The lowest BCUT2D eigenvalue weighted by molar-refractivity contribution is 0.0992. The molecule has 0 amide bonds. The van der Waals surface area contributed by atoms with Crippen LogP contribution < -0.4 is 15.6 Å². The zero-order valence-corrected chi connectivity index (χ0v) is 22.9. The van der Waals surface area contributed by atoms with Crippen LogP contribution in [0.1, 0.15) is 27.2 Å². The fourth-order valence-electron chi connectivity index (χ4n) is 4.33. The molecule has 0 aliphatic carbocycles. The van der Waals surface area contributed by atoms with E-state index < -0.39 is 5.82 Å². The van der Waals surface area contributed by atoms with Gasteiger partial charge in [0.05, 0.1) is 43.2 Å². The molecule has 0 radical (unpaired) electrons. The van der Waals surface area contributed by atoms with Gasteiger partial charge in [0.15, 0.2) is 17.4 Å². The molecule has 1 fully saturated rings. The van der Waals surface area contributed by atoms with Gasteiger partial charge in [0.1, 0.15) is 5.75 Å². The van der Waals surface area contributed by atoms with E-state index in [1.54, 1.807) is 35.4 Å². The first kappa shape index (κ1) is 27.9. The number of Topliss-reactive ketones (excluding diaryl/α,β-unsaturated/α-hetero) is 1. The highest BCUT2D eigenvalue weighted by Gasteiger charge is 2.18. The Morgan fingerprint density at radius 1 is 1.12 bits per heavy atom. The molecule has 0 spiro atoms. The molecule has 0 atom stereocenters. The van der Waals surface area contributed by atoms with Gasteiger partial charge < -0.3 is 20.1 Å². The zero-order valence-electron chi connectivity index (χ0n) is 22.1. The van der Waals surface area contributed by atoms with Crippen LogP contribution >= 0.6 is 11.6 Å². The normalized spacial score (nSPS) is 13.4. The van der Waals surface area contributed by atoms with Crippen molar-refractivity contribution >= 4 is 46.7 Å². The second-order valence-corrected chi connectivity index (χ2v) is 9.87. The van der Waals surface area contributed by atoms with Gasteiger partial charge in [0.2, 0.25) is 5.95 Å². The minimum absolute atomic E-state index is 0.0387. The third-order valence-corrected chi connectivity index (χ3v) is 6.40. The quantitative estimate of drug-likeness (QED) is 0.141. The SMILES string of the molecule is Cc1cc(Cl)cc(CC(=O)c2cc(O)cc(Nc3ccc(/C=N/Nc4ncc(F)c(N5CCOCC5)n4)nc3)c2)c1. The smallest absolute Gasteiger partial charge is 0.245 e. The number of ketones is 1. The van der Waals surface area contributed by atoms with E-state index in [-0.39, 0.29) is 29.7 Å². The fourth-order valence-corrected chi connectivity index (χ4v) is 4.65. The molecule has 210 valence electrons. The first-order valence-corrected chi connectivity index (χ1v) is 13.2. The highest BCUT2D eigenvalue weighted by atomic mass is 35.5. The van der Waals surface area contributed by atoms with Gasteiger partial charge in [-0.3, -0.25) is 9.78 Å². The summed E-state index contributed by atoms with van der Waals surface area (Å²) in [5, 5.41) is 18.0. The van der Waals surface area contributed by atoms with Crippen molar-refractivity contribution in [1.82, 2.24) is 15.0 Å². The van der Waals surface area contributed by atoms with Gasteiger partial charge in [-0.2, -0.15) is 10.1 Å². The molecular weight excluding hydrogens is 549 g/mol. The monoisotopic (exact) mass is 575 g/mol. The van der Waals surface area contributed by atoms with Crippen LogP contribution in [0.15, 0.2) is 66.0 Å². The molecule has 0 saturated carbocycles. The molecule has 1 saturated heterocycles. The van der Waals surface area contributed by atoms with Crippen molar-refractivity contribution in [2.45, 2.75) is 13.3 Å². The number of halogens is 2. The average molecular weight is 576 g/mol. The molecule has 3 N–H and O–H groups in total. The third-order valence-electron chi connectivity index (χ3n) is 6.18. The molecule has 5 rings (SSSR count). The number of nitrogens with one attached hydrogen (secondary N) is 2. The predicted octanol–water partition coefficient (Wildman–Crippen LogP) is 5.13. The second-order valence-electron chi connectivity index (χ2n) is 9.44. The van der Waals surface area contributed by atoms with E-state index >= 15 is 0 Å². The number of anilines is 4. The number of pyridine rings is 1. The lowest BCUT2D eigenvalue weighted by Crippen LogP contribution is -2.37. The Morgan fingerprint density at radius 3 is 2.71 bits per heavy atom. The maximum atomic E-state index is 14.2. The van der Waals surface area contributed by atoms with E-state index in [0.717, 1.165) is 17.3 Å². The molecule has 1 aliphatic heterocycles. The highest BCUT2D eigenvalue weighted by molar-refractivity contribution is 6.30. The van der Waals surface area contributed by atoms with Crippen molar-refractivity contribution in [1.29, 1.82) is 0 Å². The number of phenolic OH excluding ortho intramolecular Hbond substituents is 1. The van der Waals surface area contributed by atoms with Gasteiger partial charge in [-0.15, -0.1) is 0 Å². The third kappa shape index (κ3) is 7.53. The number of benzene rings is 2. The summed E-state index contributed by atoms with van der Waals surface area (Å²) in [6.45, 7) is 4.03. The van der Waals surface area contributed by atoms with Crippen molar-refractivity contribution in [3.05, 3.63) is 94.1 Å². The molecule has 0 bridgehead atoms. The summed E-state index contributed by atoms with van der Waals surface area (Å²) >= 11 is 6.12. The van der Waals surface area contributed by atoms with E-state index in [1.807, 2.05) is 19.1 Å².